The highest BCUT2D eigenvalue weighted by atomic mass is 16.5. The van der Waals surface area contributed by atoms with Crippen LogP contribution in [0.2, 0.25) is 0 Å². The van der Waals surface area contributed by atoms with Gasteiger partial charge in [-0.1, -0.05) is 18.2 Å². The number of piperazine rings is 1. The van der Waals surface area contributed by atoms with Gasteiger partial charge in [-0.15, -0.1) is 0 Å². The number of rotatable bonds is 6. The number of aromatic nitrogens is 2. The Balaban J connectivity index is 1.63. The second kappa shape index (κ2) is 7.59. The van der Waals surface area contributed by atoms with Crippen LogP contribution in [0.4, 0.5) is 0 Å². The maximum absolute atomic E-state index is 12.2. The fraction of sp³-hybridized carbons (Fsp3) is 0.444. The second-order valence-corrected chi connectivity index (χ2v) is 6.10. The third kappa shape index (κ3) is 3.83. The third-order valence-electron chi connectivity index (χ3n) is 4.38. The predicted octanol–water partition coefficient (Wildman–Crippen LogP) is 1.47. The number of carbonyl (C=O) groups excluding carboxylic acids is 1. The van der Waals surface area contributed by atoms with E-state index in [0.717, 1.165) is 36.6 Å². The van der Waals surface area contributed by atoms with E-state index in [-0.39, 0.29) is 5.91 Å². The molecule has 1 amide bonds. The van der Waals surface area contributed by atoms with Crippen LogP contribution in [0.25, 0.3) is 5.69 Å². The van der Waals surface area contributed by atoms with Gasteiger partial charge in [0.25, 0.3) is 0 Å². The smallest absolute Gasteiger partial charge is 0.236 e. The van der Waals surface area contributed by atoms with Gasteiger partial charge in [0.2, 0.25) is 5.91 Å². The molecule has 0 unspecified atom stereocenters. The Morgan fingerprint density at radius 2 is 2.00 bits per heavy atom. The molecule has 0 N–H and O–H groups in total. The second-order valence-electron chi connectivity index (χ2n) is 6.10. The van der Waals surface area contributed by atoms with Crippen molar-refractivity contribution in [1.29, 1.82) is 0 Å². The zero-order valence-electron chi connectivity index (χ0n) is 14.3. The lowest BCUT2D eigenvalue weighted by Crippen LogP contribution is -2.50. The fourth-order valence-corrected chi connectivity index (χ4v) is 2.93. The lowest BCUT2D eigenvalue weighted by Gasteiger charge is -2.34. The lowest BCUT2D eigenvalue weighted by atomic mass is 10.2. The molecule has 3 rings (SSSR count). The first-order valence-electron chi connectivity index (χ1n) is 8.27. The molecule has 0 spiro atoms. The molecule has 1 aromatic heterocycles. The summed E-state index contributed by atoms with van der Waals surface area (Å²) < 4.78 is 6.96. The first-order chi connectivity index (χ1) is 11.7. The zero-order chi connectivity index (χ0) is 16.9. The van der Waals surface area contributed by atoms with Gasteiger partial charge in [0.1, 0.15) is 0 Å². The molecule has 1 saturated heterocycles. The summed E-state index contributed by atoms with van der Waals surface area (Å²) >= 11 is 0. The van der Waals surface area contributed by atoms with E-state index >= 15 is 0 Å². The molecule has 0 bridgehead atoms. The highest BCUT2D eigenvalue weighted by molar-refractivity contribution is 5.79. The van der Waals surface area contributed by atoms with Crippen LogP contribution in [-0.2, 0) is 16.1 Å². The van der Waals surface area contributed by atoms with Crippen LogP contribution >= 0.6 is 0 Å². The molecule has 6 heteroatoms. The van der Waals surface area contributed by atoms with Gasteiger partial charge in [-0.3, -0.25) is 9.69 Å². The van der Waals surface area contributed by atoms with Crippen LogP contribution in [0.5, 0.6) is 0 Å². The summed E-state index contributed by atoms with van der Waals surface area (Å²) in [6.07, 6.45) is 2.06. The number of carbonyl (C=O) groups is 1. The molecule has 6 nitrogen and oxygen atoms in total. The van der Waals surface area contributed by atoms with Crippen LogP contribution in [0.15, 0.2) is 36.5 Å². The third-order valence-corrected chi connectivity index (χ3v) is 4.38. The first-order valence-corrected chi connectivity index (χ1v) is 8.27. The minimum atomic E-state index is 0.173. The van der Waals surface area contributed by atoms with Crippen molar-refractivity contribution in [2.24, 2.45) is 0 Å². The molecule has 1 fully saturated rings. The number of hydrogen-bond donors (Lipinski definition) is 0. The Bertz CT molecular complexity index is 684. The minimum Gasteiger partial charge on any atom is -0.383 e. The quantitative estimate of drug-likeness (QED) is 0.806. The Labute approximate surface area is 142 Å². The molecular weight excluding hydrogens is 304 g/mol. The molecular formula is C18H24N4O2. The topological polar surface area (TPSA) is 50.6 Å². The fourth-order valence-electron chi connectivity index (χ4n) is 2.93. The van der Waals surface area contributed by atoms with Gasteiger partial charge in [0.15, 0.2) is 0 Å². The van der Waals surface area contributed by atoms with Crippen LogP contribution < -0.4 is 0 Å². The van der Waals surface area contributed by atoms with Crippen LogP contribution in [-0.4, -0.2) is 65.4 Å². The van der Waals surface area contributed by atoms with Crippen LogP contribution in [0, 0.1) is 6.92 Å². The molecule has 128 valence electrons. The standard InChI is InChI=1S/C18H24N4O2/c1-15-16(13-22(19-15)17-6-4-3-5-7-17)12-20-8-9-21(10-11-24-2)18(23)14-20/h3-7,13H,8-12,14H2,1-2H3. The minimum absolute atomic E-state index is 0.173. The van der Waals surface area contributed by atoms with Gasteiger partial charge < -0.3 is 9.64 Å². The van der Waals surface area contributed by atoms with Crippen molar-refractivity contribution in [2.45, 2.75) is 13.5 Å². The summed E-state index contributed by atoms with van der Waals surface area (Å²) in [5.74, 6) is 0.173. The first kappa shape index (κ1) is 16.7. The summed E-state index contributed by atoms with van der Waals surface area (Å²) in [5.41, 5.74) is 3.22. The summed E-state index contributed by atoms with van der Waals surface area (Å²) in [6.45, 7) is 6.13. The molecule has 2 aromatic rings. The Morgan fingerprint density at radius 3 is 2.71 bits per heavy atom. The van der Waals surface area contributed by atoms with Gasteiger partial charge in [-0.2, -0.15) is 5.10 Å². The molecule has 0 radical (unpaired) electrons. The predicted molar refractivity (Wildman–Crippen MR) is 92.0 cm³/mol. The van der Waals surface area contributed by atoms with Crippen molar-refractivity contribution in [2.75, 3.05) is 39.9 Å². The van der Waals surface area contributed by atoms with Crippen molar-refractivity contribution >= 4 is 5.91 Å². The van der Waals surface area contributed by atoms with E-state index in [1.54, 1.807) is 7.11 Å². The van der Waals surface area contributed by atoms with Gasteiger partial charge in [-0.25, -0.2) is 4.68 Å². The van der Waals surface area contributed by atoms with Crippen molar-refractivity contribution in [1.82, 2.24) is 19.6 Å². The van der Waals surface area contributed by atoms with E-state index in [9.17, 15) is 4.79 Å². The van der Waals surface area contributed by atoms with Crippen molar-refractivity contribution in [3.8, 4) is 5.69 Å². The number of hydrogen-bond acceptors (Lipinski definition) is 4. The zero-order valence-corrected chi connectivity index (χ0v) is 14.3. The Kier molecular flexibility index (Phi) is 5.27. The molecule has 2 heterocycles. The van der Waals surface area contributed by atoms with Gasteiger partial charge >= 0.3 is 0 Å². The molecule has 1 aliphatic rings. The SMILES string of the molecule is COCCN1CCN(Cc2cn(-c3ccccc3)nc2C)CC1=O. The maximum atomic E-state index is 12.2. The molecule has 24 heavy (non-hydrogen) atoms. The average molecular weight is 328 g/mol. The number of amides is 1. The summed E-state index contributed by atoms with van der Waals surface area (Å²) in [6, 6.07) is 10.1. The van der Waals surface area contributed by atoms with Gasteiger partial charge in [0, 0.05) is 45.0 Å². The van der Waals surface area contributed by atoms with E-state index < -0.39 is 0 Å². The maximum Gasteiger partial charge on any atom is 0.236 e. The number of ether oxygens (including phenoxy) is 1. The van der Waals surface area contributed by atoms with Gasteiger partial charge in [-0.05, 0) is 19.1 Å². The molecule has 0 atom stereocenters. The highest BCUT2D eigenvalue weighted by Crippen LogP contribution is 2.15. The van der Waals surface area contributed by atoms with Crippen molar-refractivity contribution < 1.29 is 9.53 Å². The largest absolute Gasteiger partial charge is 0.383 e. The van der Waals surface area contributed by atoms with Crippen molar-refractivity contribution in [3.63, 3.8) is 0 Å². The van der Waals surface area contributed by atoms with E-state index in [2.05, 4.69) is 16.2 Å². The summed E-state index contributed by atoms with van der Waals surface area (Å²) in [4.78, 5) is 16.3. The number of para-hydroxylation sites is 1. The average Bonchev–Trinajstić information content (AvgIpc) is 2.96. The van der Waals surface area contributed by atoms with Crippen LogP contribution in [0.3, 0.4) is 0 Å². The van der Waals surface area contributed by atoms with Crippen molar-refractivity contribution in [3.05, 3.63) is 47.8 Å². The number of nitrogens with zero attached hydrogens (tertiary/aromatic N) is 4. The highest BCUT2D eigenvalue weighted by Gasteiger charge is 2.24. The lowest BCUT2D eigenvalue weighted by molar-refractivity contribution is -0.136. The van der Waals surface area contributed by atoms with Gasteiger partial charge in [0.05, 0.1) is 24.5 Å². The Morgan fingerprint density at radius 1 is 1.21 bits per heavy atom. The van der Waals surface area contributed by atoms with E-state index in [1.807, 2.05) is 46.8 Å². The number of benzene rings is 1. The molecule has 1 aromatic carbocycles. The van der Waals surface area contributed by atoms with E-state index in [1.165, 1.54) is 0 Å². The number of aryl methyl sites for hydroxylation is 1. The van der Waals surface area contributed by atoms with E-state index in [0.29, 0.717) is 19.7 Å². The number of methoxy groups -OCH3 is 1. The van der Waals surface area contributed by atoms with Crippen LogP contribution in [0.1, 0.15) is 11.3 Å². The molecule has 0 saturated carbocycles. The Hall–Kier alpha value is -2.18. The monoisotopic (exact) mass is 328 g/mol. The molecule has 0 aliphatic carbocycles. The van der Waals surface area contributed by atoms with E-state index in [4.69, 9.17) is 4.74 Å². The molecule has 1 aliphatic heterocycles. The normalized spacial score (nSPS) is 15.9. The summed E-state index contributed by atoms with van der Waals surface area (Å²) in [5, 5.41) is 4.60. The summed E-state index contributed by atoms with van der Waals surface area (Å²) in [7, 11) is 1.66.